The number of carboxylic acids is 1. The predicted octanol–water partition coefficient (Wildman–Crippen LogP) is 1.03. The molecule has 0 spiro atoms. The van der Waals surface area contributed by atoms with E-state index in [1.54, 1.807) is 0 Å². The van der Waals surface area contributed by atoms with Crippen molar-refractivity contribution in [2.45, 2.75) is 25.3 Å². The molecule has 1 atom stereocenters. The topological polar surface area (TPSA) is 94.3 Å². The zero-order chi connectivity index (χ0) is 13.8. The molecular weight excluding hydrogens is 246 g/mol. The molecule has 1 aliphatic rings. The van der Waals surface area contributed by atoms with Gasteiger partial charge in [-0.2, -0.15) is 5.26 Å². The maximum atomic E-state index is 12.2. The number of aliphatic carboxylic acids is 1. The third-order valence-electron chi connectivity index (χ3n) is 3.16. The van der Waals surface area contributed by atoms with Gasteiger partial charge < -0.3 is 10.0 Å². The summed E-state index contributed by atoms with van der Waals surface area (Å²) in [5.74, 6) is -1.38. The Morgan fingerprint density at radius 2 is 2.21 bits per heavy atom. The first kappa shape index (κ1) is 13.0. The molecule has 6 heteroatoms. The number of hydrogen-bond donors (Lipinski definition) is 1. The Kier molecular flexibility index (Phi) is 3.76. The van der Waals surface area contributed by atoms with Gasteiger partial charge in [0.05, 0.1) is 5.56 Å². The second-order valence-corrected chi connectivity index (χ2v) is 4.39. The number of amides is 1. The normalized spacial score (nSPS) is 18.7. The van der Waals surface area contributed by atoms with Crippen LogP contribution in [0.25, 0.3) is 0 Å². The van der Waals surface area contributed by atoms with Crippen molar-refractivity contribution in [2.75, 3.05) is 6.54 Å². The van der Waals surface area contributed by atoms with Crippen molar-refractivity contribution in [1.29, 1.82) is 5.26 Å². The minimum Gasteiger partial charge on any atom is -0.480 e. The van der Waals surface area contributed by atoms with Crippen LogP contribution in [-0.4, -0.2) is 39.5 Å². The Morgan fingerprint density at radius 3 is 2.79 bits per heavy atom. The average Bonchev–Trinajstić information content (AvgIpc) is 2.46. The monoisotopic (exact) mass is 259 g/mol. The van der Waals surface area contributed by atoms with E-state index >= 15 is 0 Å². The summed E-state index contributed by atoms with van der Waals surface area (Å²) in [5.41, 5.74) is 0.539. The van der Waals surface area contributed by atoms with Gasteiger partial charge in [0.2, 0.25) is 0 Å². The number of nitrogens with zero attached hydrogens (tertiary/aromatic N) is 3. The SMILES string of the molecule is N#Cc1ccc(C(=O)N2CCCCC2C(=O)O)nc1. The molecule has 0 bridgehead atoms. The standard InChI is InChI=1S/C13H13N3O3/c14-7-9-4-5-10(15-8-9)12(17)16-6-2-1-3-11(16)13(18)19/h4-5,8,11H,1-3,6H2,(H,18,19). The number of carbonyl (C=O) groups is 2. The van der Waals surface area contributed by atoms with Gasteiger partial charge in [0.15, 0.2) is 0 Å². The minimum atomic E-state index is -0.985. The zero-order valence-corrected chi connectivity index (χ0v) is 10.2. The Bertz CT molecular complexity index is 533. The van der Waals surface area contributed by atoms with Crippen molar-refractivity contribution in [3.63, 3.8) is 0 Å². The van der Waals surface area contributed by atoms with Crippen LogP contribution in [0.2, 0.25) is 0 Å². The lowest BCUT2D eigenvalue weighted by Gasteiger charge is -2.32. The Balaban J connectivity index is 2.21. The fourth-order valence-electron chi connectivity index (χ4n) is 2.17. The first-order chi connectivity index (χ1) is 9.13. The number of likely N-dealkylation sites (tertiary alicyclic amines) is 1. The molecular formula is C13H13N3O3. The van der Waals surface area contributed by atoms with E-state index in [2.05, 4.69) is 4.98 Å². The van der Waals surface area contributed by atoms with E-state index in [0.29, 0.717) is 18.5 Å². The molecule has 98 valence electrons. The van der Waals surface area contributed by atoms with Crippen LogP contribution in [0.15, 0.2) is 18.3 Å². The summed E-state index contributed by atoms with van der Waals surface area (Å²) in [6.45, 7) is 0.428. The summed E-state index contributed by atoms with van der Waals surface area (Å²) in [5, 5.41) is 17.8. The lowest BCUT2D eigenvalue weighted by atomic mass is 10.0. The summed E-state index contributed by atoms with van der Waals surface area (Å²) in [6.07, 6.45) is 3.39. The number of nitriles is 1. The van der Waals surface area contributed by atoms with Crippen molar-refractivity contribution in [2.24, 2.45) is 0 Å². The summed E-state index contributed by atoms with van der Waals surface area (Å²) in [6, 6.07) is 4.09. The summed E-state index contributed by atoms with van der Waals surface area (Å²) in [4.78, 5) is 28.6. The largest absolute Gasteiger partial charge is 0.480 e. The molecule has 1 amide bonds. The van der Waals surface area contributed by atoms with Crippen LogP contribution in [0, 0.1) is 11.3 Å². The van der Waals surface area contributed by atoms with Gasteiger partial charge in [-0.1, -0.05) is 0 Å². The number of pyridine rings is 1. The highest BCUT2D eigenvalue weighted by molar-refractivity contribution is 5.95. The van der Waals surface area contributed by atoms with E-state index in [-0.39, 0.29) is 5.69 Å². The van der Waals surface area contributed by atoms with Crippen LogP contribution in [0.5, 0.6) is 0 Å². The highest BCUT2D eigenvalue weighted by atomic mass is 16.4. The first-order valence-corrected chi connectivity index (χ1v) is 6.03. The fourth-order valence-corrected chi connectivity index (χ4v) is 2.17. The lowest BCUT2D eigenvalue weighted by molar-refractivity contribution is -0.143. The second kappa shape index (κ2) is 5.48. The van der Waals surface area contributed by atoms with Crippen LogP contribution in [0.4, 0.5) is 0 Å². The Labute approximate surface area is 110 Å². The maximum absolute atomic E-state index is 12.2. The molecule has 1 saturated heterocycles. The van der Waals surface area contributed by atoms with E-state index in [1.807, 2.05) is 6.07 Å². The molecule has 0 saturated carbocycles. The van der Waals surface area contributed by atoms with Crippen molar-refractivity contribution < 1.29 is 14.7 Å². The van der Waals surface area contributed by atoms with Crippen LogP contribution >= 0.6 is 0 Å². The smallest absolute Gasteiger partial charge is 0.326 e. The highest BCUT2D eigenvalue weighted by Crippen LogP contribution is 2.19. The van der Waals surface area contributed by atoms with Crippen LogP contribution < -0.4 is 0 Å². The van der Waals surface area contributed by atoms with E-state index in [9.17, 15) is 9.59 Å². The molecule has 0 aromatic carbocycles. The molecule has 0 radical (unpaired) electrons. The predicted molar refractivity (Wildman–Crippen MR) is 65.3 cm³/mol. The number of carbonyl (C=O) groups excluding carboxylic acids is 1. The van der Waals surface area contributed by atoms with Gasteiger partial charge in [-0.25, -0.2) is 9.78 Å². The number of aromatic nitrogens is 1. The van der Waals surface area contributed by atoms with Crippen molar-refractivity contribution in [1.82, 2.24) is 9.88 Å². The molecule has 1 aromatic heterocycles. The van der Waals surface area contributed by atoms with E-state index < -0.39 is 17.9 Å². The van der Waals surface area contributed by atoms with Gasteiger partial charge in [0.25, 0.3) is 5.91 Å². The van der Waals surface area contributed by atoms with Crippen molar-refractivity contribution in [3.05, 3.63) is 29.6 Å². The minimum absolute atomic E-state index is 0.173. The molecule has 1 aliphatic heterocycles. The molecule has 1 fully saturated rings. The molecule has 1 unspecified atom stereocenters. The van der Waals surface area contributed by atoms with Gasteiger partial charge in [0.1, 0.15) is 17.8 Å². The summed E-state index contributed by atoms with van der Waals surface area (Å²) >= 11 is 0. The quantitative estimate of drug-likeness (QED) is 0.856. The molecule has 2 heterocycles. The van der Waals surface area contributed by atoms with E-state index in [4.69, 9.17) is 10.4 Å². The third kappa shape index (κ3) is 2.71. The summed E-state index contributed by atoms with van der Waals surface area (Å²) in [7, 11) is 0. The number of hydrogen-bond acceptors (Lipinski definition) is 4. The van der Waals surface area contributed by atoms with Gasteiger partial charge in [0, 0.05) is 12.7 Å². The van der Waals surface area contributed by atoms with Crippen LogP contribution in [0.3, 0.4) is 0 Å². The van der Waals surface area contributed by atoms with Crippen molar-refractivity contribution in [3.8, 4) is 6.07 Å². The van der Waals surface area contributed by atoms with Gasteiger partial charge in [-0.3, -0.25) is 4.79 Å². The van der Waals surface area contributed by atoms with Crippen molar-refractivity contribution >= 4 is 11.9 Å². The fraction of sp³-hybridized carbons (Fsp3) is 0.385. The second-order valence-electron chi connectivity index (χ2n) is 4.39. The number of piperidine rings is 1. The van der Waals surface area contributed by atoms with Crippen LogP contribution in [-0.2, 0) is 4.79 Å². The Hall–Kier alpha value is -2.42. The maximum Gasteiger partial charge on any atom is 0.326 e. The van der Waals surface area contributed by atoms with Gasteiger partial charge >= 0.3 is 5.97 Å². The van der Waals surface area contributed by atoms with Crippen LogP contribution in [0.1, 0.15) is 35.3 Å². The number of rotatable bonds is 2. The molecule has 2 rings (SSSR count). The summed E-state index contributed by atoms with van der Waals surface area (Å²) < 4.78 is 0. The zero-order valence-electron chi connectivity index (χ0n) is 10.2. The molecule has 19 heavy (non-hydrogen) atoms. The highest BCUT2D eigenvalue weighted by Gasteiger charge is 2.32. The molecule has 1 N–H and O–H groups in total. The lowest BCUT2D eigenvalue weighted by Crippen LogP contribution is -2.48. The molecule has 0 aliphatic carbocycles. The average molecular weight is 259 g/mol. The first-order valence-electron chi connectivity index (χ1n) is 6.03. The van der Waals surface area contributed by atoms with E-state index in [0.717, 1.165) is 12.8 Å². The Morgan fingerprint density at radius 1 is 1.42 bits per heavy atom. The van der Waals surface area contributed by atoms with Gasteiger partial charge in [-0.05, 0) is 31.4 Å². The number of carboxylic acid groups (broad SMARTS) is 1. The molecule has 6 nitrogen and oxygen atoms in total. The van der Waals surface area contributed by atoms with E-state index in [1.165, 1.54) is 23.2 Å². The third-order valence-corrected chi connectivity index (χ3v) is 3.16. The molecule has 1 aromatic rings. The van der Waals surface area contributed by atoms with Gasteiger partial charge in [-0.15, -0.1) is 0 Å².